The van der Waals surface area contributed by atoms with Crippen LogP contribution in [0.15, 0.2) is 0 Å². The molecule has 1 aliphatic heterocycles. The van der Waals surface area contributed by atoms with E-state index in [4.69, 9.17) is 0 Å². The fraction of sp³-hybridized carbons (Fsp3) is 1.00. The van der Waals surface area contributed by atoms with Gasteiger partial charge in [-0.15, -0.1) is 0 Å². The number of rotatable bonds is 8. The van der Waals surface area contributed by atoms with Gasteiger partial charge in [0.15, 0.2) is 0 Å². The molecule has 0 aromatic carbocycles. The van der Waals surface area contributed by atoms with E-state index in [0.29, 0.717) is 19.4 Å². The molecule has 0 bridgehead atoms. The van der Waals surface area contributed by atoms with Crippen molar-refractivity contribution in [3.63, 3.8) is 0 Å². The molecule has 1 aliphatic rings. The minimum Gasteiger partial charge on any atom is -0.317 e. The van der Waals surface area contributed by atoms with Crippen molar-refractivity contribution in [2.75, 3.05) is 38.2 Å². The predicted molar refractivity (Wildman–Crippen MR) is 79.5 cm³/mol. The molecule has 0 aromatic rings. The van der Waals surface area contributed by atoms with Crippen LogP contribution in [0.4, 0.5) is 0 Å². The van der Waals surface area contributed by atoms with Crippen molar-refractivity contribution >= 4 is 20.0 Å². The van der Waals surface area contributed by atoms with E-state index in [-0.39, 0.29) is 17.5 Å². The summed E-state index contributed by atoms with van der Waals surface area (Å²) in [6, 6.07) is -0.278. The standard InChI is InChI=1S/C11H25N3O4S2/c1-3-12-7-4-8-14(2)20(17,18)13-11-5-9-19(15,16)10-6-11/h11-13H,3-10H2,1-2H3. The maximum Gasteiger partial charge on any atom is 0.279 e. The summed E-state index contributed by atoms with van der Waals surface area (Å²) >= 11 is 0. The van der Waals surface area contributed by atoms with Crippen LogP contribution in [0.1, 0.15) is 26.2 Å². The third kappa shape index (κ3) is 6.04. The average molecular weight is 327 g/mol. The van der Waals surface area contributed by atoms with Gasteiger partial charge in [-0.25, -0.2) is 8.42 Å². The summed E-state index contributed by atoms with van der Waals surface area (Å²) in [4.78, 5) is 0. The highest BCUT2D eigenvalue weighted by Gasteiger charge is 2.28. The van der Waals surface area contributed by atoms with Crippen LogP contribution in [0.5, 0.6) is 0 Å². The number of nitrogens with one attached hydrogen (secondary N) is 2. The van der Waals surface area contributed by atoms with Crippen molar-refractivity contribution in [2.24, 2.45) is 0 Å². The molecule has 0 amide bonds. The molecule has 120 valence electrons. The third-order valence-electron chi connectivity index (χ3n) is 3.36. The summed E-state index contributed by atoms with van der Waals surface area (Å²) in [5.41, 5.74) is 0. The highest BCUT2D eigenvalue weighted by Crippen LogP contribution is 2.13. The van der Waals surface area contributed by atoms with Crippen molar-refractivity contribution in [1.82, 2.24) is 14.3 Å². The maximum atomic E-state index is 12.1. The topological polar surface area (TPSA) is 95.6 Å². The lowest BCUT2D eigenvalue weighted by molar-refractivity contribution is 0.428. The van der Waals surface area contributed by atoms with Crippen LogP contribution in [0.3, 0.4) is 0 Å². The number of hydrogen-bond donors (Lipinski definition) is 2. The molecule has 1 fully saturated rings. The van der Waals surface area contributed by atoms with E-state index >= 15 is 0 Å². The predicted octanol–water partition coefficient (Wildman–Crippen LogP) is -0.671. The van der Waals surface area contributed by atoms with E-state index in [1.54, 1.807) is 0 Å². The van der Waals surface area contributed by atoms with Crippen molar-refractivity contribution in [1.29, 1.82) is 0 Å². The molecule has 0 unspecified atom stereocenters. The van der Waals surface area contributed by atoms with E-state index in [1.165, 1.54) is 11.4 Å². The second-order valence-corrected chi connectivity index (χ2v) is 9.19. The molecule has 0 radical (unpaired) electrons. The molecule has 0 saturated carbocycles. The summed E-state index contributed by atoms with van der Waals surface area (Å²) in [6.45, 7) is 4.08. The first-order valence-electron chi connectivity index (χ1n) is 6.91. The van der Waals surface area contributed by atoms with Gasteiger partial charge in [-0.1, -0.05) is 6.92 Å². The van der Waals surface area contributed by atoms with E-state index in [2.05, 4.69) is 10.0 Å². The summed E-state index contributed by atoms with van der Waals surface area (Å²) < 4.78 is 50.6. The van der Waals surface area contributed by atoms with Crippen molar-refractivity contribution in [3.05, 3.63) is 0 Å². The molecule has 1 saturated heterocycles. The van der Waals surface area contributed by atoms with E-state index in [9.17, 15) is 16.8 Å². The first-order chi connectivity index (χ1) is 9.27. The normalized spacial score (nSPS) is 20.4. The van der Waals surface area contributed by atoms with Gasteiger partial charge in [0.1, 0.15) is 9.84 Å². The molecule has 0 aromatic heterocycles. The van der Waals surface area contributed by atoms with Gasteiger partial charge in [-0.05, 0) is 32.4 Å². The van der Waals surface area contributed by atoms with Crippen LogP contribution in [0.2, 0.25) is 0 Å². The van der Waals surface area contributed by atoms with Gasteiger partial charge in [0.2, 0.25) is 0 Å². The van der Waals surface area contributed by atoms with E-state index in [0.717, 1.165) is 19.5 Å². The van der Waals surface area contributed by atoms with Crippen LogP contribution in [0, 0.1) is 0 Å². The van der Waals surface area contributed by atoms with E-state index < -0.39 is 20.0 Å². The van der Waals surface area contributed by atoms with Crippen molar-refractivity contribution in [3.8, 4) is 0 Å². The molecule has 0 spiro atoms. The summed E-state index contributed by atoms with van der Waals surface area (Å²) in [6.07, 6.45) is 1.45. The molecular formula is C11H25N3O4S2. The maximum absolute atomic E-state index is 12.1. The minimum atomic E-state index is -3.52. The Kier molecular flexibility index (Phi) is 6.86. The van der Waals surface area contributed by atoms with Crippen molar-refractivity contribution in [2.45, 2.75) is 32.2 Å². The fourth-order valence-electron chi connectivity index (χ4n) is 2.03. The smallest absolute Gasteiger partial charge is 0.279 e. The van der Waals surface area contributed by atoms with Crippen molar-refractivity contribution < 1.29 is 16.8 Å². The van der Waals surface area contributed by atoms with Gasteiger partial charge in [0.05, 0.1) is 11.5 Å². The minimum absolute atomic E-state index is 0.0598. The summed E-state index contributed by atoms with van der Waals surface area (Å²) in [5, 5.41) is 3.14. The second kappa shape index (κ2) is 7.69. The van der Waals surface area contributed by atoms with Gasteiger partial charge in [-0.3, -0.25) is 0 Å². The molecule has 7 nitrogen and oxygen atoms in total. The monoisotopic (exact) mass is 327 g/mol. The zero-order chi connectivity index (χ0) is 15.2. The average Bonchev–Trinajstić information content (AvgIpc) is 2.37. The second-order valence-electron chi connectivity index (χ2n) is 5.08. The van der Waals surface area contributed by atoms with Gasteiger partial charge in [0, 0.05) is 19.6 Å². The fourth-order valence-corrected chi connectivity index (χ4v) is 4.73. The van der Waals surface area contributed by atoms with Crippen LogP contribution in [0.25, 0.3) is 0 Å². The molecule has 0 atom stereocenters. The van der Waals surface area contributed by atoms with Crippen LogP contribution >= 0.6 is 0 Å². The molecule has 9 heteroatoms. The molecule has 0 aliphatic carbocycles. The van der Waals surface area contributed by atoms with Gasteiger partial charge in [-0.2, -0.15) is 17.4 Å². The molecule has 2 N–H and O–H groups in total. The Labute approximate surface area is 122 Å². The summed E-state index contributed by atoms with van der Waals surface area (Å²) in [5.74, 6) is 0.120. The van der Waals surface area contributed by atoms with Crippen LogP contribution < -0.4 is 10.0 Å². The Balaban J connectivity index is 2.41. The summed E-state index contributed by atoms with van der Waals surface area (Å²) in [7, 11) is -4.96. The Bertz CT molecular complexity index is 476. The number of nitrogens with zero attached hydrogens (tertiary/aromatic N) is 1. The first kappa shape index (κ1) is 17.8. The highest BCUT2D eigenvalue weighted by molar-refractivity contribution is 7.91. The van der Waals surface area contributed by atoms with E-state index in [1.807, 2.05) is 6.92 Å². The Morgan fingerprint density at radius 3 is 2.40 bits per heavy atom. The van der Waals surface area contributed by atoms with Gasteiger partial charge in [0.25, 0.3) is 10.2 Å². The number of hydrogen-bond acceptors (Lipinski definition) is 5. The Morgan fingerprint density at radius 2 is 1.85 bits per heavy atom. The lowest BCUT2D eigenvalue weighted by Gasteiger charge is -2.26. The zero-order valence-corrected chi connectivity index (χ0v) is 13.8. The third-order valence-corrected chi connectivity index (χ3v) is 6.71. The first-order valence-corrected chi connectivity index (χ1v) is 10.2. The van der Waals surface area contributed by atoms with Crippen LogP contribution in [-0.2, 0) is 20.0 Å². The zero-order valence-electron chi connectivity index (χ0n) is 12.1. The van der Waals surface area contributed by atoms with Crippen LogP contribution in [-0.4, -0.2) is 65.4 Å². The molecule has 20 heavy (non-hydrogen) atoms. The molecule has 1 heterocycles. The number of sulfone groups is 1. The molecule has 1 rings (SSSR count). The van der Waals surface area contributed by atoms with Gasteiger partial charge < -0.3 is 5.32 Å². The van der Waals surface area contributed by atoms with Gasteiger partial charge >= 0.3 is 0 Å². The quantitative estimate of drug-likeness (QED) is 0.577. The SMILES string of the molecule is CCNCCCN(C)S(=O)(=O)NC1CCS(=O)(=O)CC1. The highest BCUT2D eigenvalue weighted by atomic mass is 32.2. The molecular weight excluding hydrogens is 302 g/mol. The Hall–Kier alpha value is -0.220. The lowest BCUT2D eigenvalue weighted by atomic mass is 10.2. The lowest BCUT2D eigenvalue weighted by Crippen LogP contribution is -2.47. The largest absolute Gasteiger partial charge is 0.317 e. The Morgan fingerprint density at radius 1 is 1.25 bits per heavy atom.